The predicted molar refractivity (Wildman–Crippen MR) is 117 cm³/mol. The number of hydrogen-bond donors (Lipinski definition) is 1. The number of methoxy groups -OCH3 is 1. The highest BCUT2D eigenvalue weighted by molar-refractivity contribution is 6.35. The summed E-state index contributed by atoms with van der Waals surface area (Å²) in [5, 5.41) is 4.93. The van der Waals surface area contributed by atoms with Crippen LogP contribution in [0.4, 0.5) is 5.82 Å². The third kappa shape index (κ3) is 6.13. The predicted octanol–water partition coefficient (Wildman–Crippen LogP) is 5.19. The molecule has 2 heterocycles. The standard InChI is InChI=1S/C21H19Cl2N3O5/c1-3-29-19-8-13(10-25-26-20-16(23)9-14(22)11-24-20)4-6-17(19)30-12-15-5-7-18(31-15)21(27)28-2/h4-11H,3,12H2,1-2H3,(H,24,26). The first kappa shape index (κ1) is 22.5. The zero-order valence-electron chi connectivity index (χ0n) is 16.7. The number of halogens is 2. The van der Waals surface area contributed by atoms with Gasteiger partial charge in [0.2, 0.25) is 5.76 Å². The summed E-state index contributed by atoms with van der Waals surface area (Å²) in [5.74, 6) is 1.48. The molecule has 1 aromatic carbocycles. The summed E-state index contributed by atoms with van der Waals surface area (Å²) in [6.07, 6.45) is 3.06. The van der Waals surface area contributed by atoms with Crippen molar-refractivity contribution in [1.82, 2.24) is 4.98 Å². The van der Waals surface area contributed by atoms with Crippen molar-refractivity contribution in [2.24, 2.45) is 5.10 Å². The number of carbonyl (C=O) groups is 1. The maximum absolute atomic E-state index is 11.5. The molecule has 0 bridgehead atoms. The molecule has 0 atom stereocenters. The number of esters is 1. The molecule has 10 heteroatoms. The Balaban J connectivity index is 1.67. The molecular formula is C21H19Cl2N3O5. The molecule has 3 rings (SSSR count). The highest BCUT2D eigenvalue weighted by Crippen LogP contribution is 2.29. The van der Waals surface area contributed by atoms with Crippen LogP contribution >= 0.6 is 23.2 Å². The van der Waals surface area contributed by atoms with Crippen molar-refractivity contribution in [1.29, 1.82) is 0 Å². The van der Waals surface area contributed by atoms with Gasteiger partial charge in [0.1, 0.15) is 12.4 Å². The quantitative estimate of drug-likeness (QED) is 0.265. The molecule has 0 unspecified atom stereocenters. The first-order valence-electron chi connectivity index (χ1n) is 9.17. The lowest BCUT2D eigenvalue weighted by Gasteiger charge is -2.11. The topological polar surface area (TPSA) is 95.2 Å². The fourth-order valence-electron chi connectivity index (χ4n) is 2.47. The van der Waals surface area contributed by atoms with E-state index < -0.39 is 5.97 Å². The average Bonchev–Trinajstić information content (AvgIpc) is 3.23. The highest BCUT2D eigenvalue weighted by Gasteiger charge is 2.12. The van der Waals surface area contributed by atoms with Gasteiger partial charge in [0, 0.05) is 6.20 Å². The minimum Gasteiger partial charge on any atom is -0.490 e. The smallest absolute Gasteiger partial charge is 0.373 e. The van der Waals surface area contributed by atoms with Crippen molar-refractivity contribution >= 4 is 41.2 Å². The number of pyridine rings is 1. The number of carbonyl (C=O) groups excluding carboxylic acids is 1. The van der Waals surface area contributed by atoms with Crippen LogP contribution in [0.1, 0.15) is 28.8 Å². The highest BCUT2D eigenvalue weighted by atomic mass is 35.5. The van der Waals surface area contributed by atoms with E-state index >= 15 is 0 Å². The van der Waals surface area contributed by atoms with Crippen molar-refractivity contribution in [3.05, 3.63) is 69.7 Å². The molecule has 1 N–H and O–H groups in total. The number of hydrogen-bond acceptors (Lipinski definition) is 8. The van der Waals surface area contributed by atoms with Crippen LogP contribution < -0.4 is 14.9 Å². The summed E-state index contributed by atoms with van der Waals surface area (Å²) in [4.78, 5) is 15.5. The van der Waals surface area contributed by atoms with Crippen LogP contribution in [0.5, 0.6) is 11.5 Å². The molecule has 0 saturated carbocycles. The first-order chi connectivity index (χ1) is 15.0. The Morgan fingerprint density at radius 2 is 2.03 bits per heavy atom. The number of nitrogens with zero attached hydrogens (tertiary/aromatic N) is 2. The third-order valence-corrected chi connectivity index (χ3v) is 4.37. The molecule has 0 aliphatic rings. The molecule has 0 spiro atoms. The van der Waals surface area contributed by atoms with Crippen LogP contribution in [0.3, 0.4) is 0 Å². The van der Waals surface area contributed by atoms with Crippen molar-refractivity contribution in [2.45, 2.75) is 13.5 Å². The molecular weight excluding hydrogens is 445 g/mol. The number of rotatable bonds is 9. The molecule has 0 fully saturated rings. The summed E-state index contributed by atoms with van der Waals surface area (Å²) >= 11 is 11.9. The zero-order valence-corrected chi connectivity index (χ0v) is 18.2. The second-order valence-electron chi connectivity index (χ2n) is 6.04. The molecule has 2 aromatic heterocycles. The number of hydrazone groups is 1. The zero-order chi connectivity index (χ0) is 22.2. The minimum atomic E-state index is -0.548. The Labute approximate surface area is 188 Å². The second-order valence-corrected chi connectivity index (χ2v) is 6.88. The van der Waals surface area contributed by atoms with E-state index in [1.807, 2.05) is 13.0 Å². The molecule has 8 nitrogen and oxygen atoms in total. The fraction of sp³-hybridized carbons (Fsp3) is 0.190. The Hall–Kier alpha value is -3.23. The molecule has 0 saturated heterocycles. The molecule has 162 valence electrons. The average molecular weight is 464 g/mol. The minimum absolute atomic E-state index is 0.112. The lowest BCUT2D eigenvalue weighted by Crippen LogP contribution is -2.01. The number of anilines is 1. The Morgan fingerprint density at radius 1 is 1.19 bits per heavy atom. The van der Waals surface area contributed by atoms with E-state index in [4.69, 9.17) is 37.1 Å². The van der Waals surface area contributed by atoms with Gasteiger partial charge in [-0.15, -0.1) is 0 Å². The van der Waals surface area contributed by atoms with Crippen molar-refractivity contribution in [3.8, 4) is 11.5 Å². The van der Waals surface area contributed by atoms with Gasteiger partial charge in [-0.1, -0.05) is 23.2 Å². The van der Waals surface area contributed by atoms with Gasteiger partial charge in [-0.25, -0.2) is 9.78 Å². The van der Waals surface area contributed by atoms with Crippen molar-refractivity contribution in [2.75, 3.05) is 19.1 Å². The largest absolute Gasteiger partial charge is 0.490 e. The second kappa shape index (κ2) is 10.7. The van der Waals surface area contributed by atoms with Crippen molar-refractivity contribution < 1.29 is 23.4 Å². The number of aromatic nitrogens is 1. The summed E-state index contributed by atoms with van der Waals surface area (Å²) in [5.41, 5.74) is 3.53. The Kier molecular flexibility index (Phi) is 7.75. The van der Waals surface area contributed by atoms with Crippen LogP contribution in [0, 0.1) is 0 Å². The van der Waals surface area contributed by atoms with Gasteiger partial charge in [0.05, 0.1) is 30.0 Å². The first-order valence-corrected chi connectivity index (χ1v) is 9.92. The molecule has 0 radical (unpaired) electrons. The maximum atomic E-state index is 11.5. The molecule has 0 aliphatic carbocycles. The number of nitrogens with one attached hydrogen (secondary N) is 1. The SMILES string of the molecule is CCOc1cc(C=NNc2ncc(Cl)cc2Cl)ccc1OCc1ccc(C(=O)OC)o1. The summed E-state index contributed by atoms with van der Waals surface area (Å²) in [6, 6.07) is 10.1. The number of furan rings is 1. The van der Waals surface area contributed by atoms with Gasteiger partial charge in [-0.3, -0.25) is 5.43 Å². The number of ether oxygens (including phenoxy) is 3. The van der Waals surface area contributed by atoms with Crippen LogP contribution in [-0.2, 0) is 11.3 Å². The molecule has 0 aliphatic heterocycles. The van der Waals surface area contributed by atoms with Crippen LogP contribution in [-0.4, -0.2) is 30.9 Å². The van der Waals surface area contributed by atoms with E-state index in [2.05, 4.69) is 20.2 Å². The van der Waals surface area contributed by atoms with E-state index in [9.17, 15) is 4.79 Å². The van der Waals surface area contributed by atoms with E-state index in [-0.39, 0.29) is 12.4 Å². The molecule has 31 heavy (non-hydrogen) atoms. The van der Waals surface area contributed by atoms with Gasteiger partial charge < -0.3 is 18.6 Å². The Morgan fingerprint density at radius 3 is 2.77 bits per heavy atom. The van der Waals surface area contributed by atoms with Crippen LogP contribution in [0.25, 0.3) is 0 Å². The molecule has 3 aromatic rings. The van der Waals surface area contributed by atoms with E-state index in [0.717, 1.165) is 5.56 Å². The Bertz CT molecular complexity index is 1080. The third-order valence-electron chi connectivity index (χ3n) is 3.88. The maximum Gasteiger partial charge on any atom is 0.373 e. The van der Waals surface area contributed by atoms with E-state index in [1.165, 1.54) is 19.4 Å². The summed E-state index contributed by atoms with van der Waals surface area (Å²) in [6.45, 7) is 2.44. The summed E-state index contributed by atoms with van der Waals surface area (Å²) < 4.78 is 21.5. The van der Waals surface area contributed by atoms with Crippen LogP contribution in [0.15, 0.2) is 52.1 Å². The molecule has 0 amide bonds. The van der Waals surface area contributed by atoms with Gasteiger partial charge in [0.15, 0.2) is 17.3 Å². The summed E-state index contributed by atoms with van der Waals surface area (Å²) in [7, 11) is 1.29. The van der Waals surface area contributed by atoms with Gasteiger partial charge >= 0.3 is 5.97 Å². The van der Waals surface area contributed by atoms with Crippen molar-refractivity contribution in [3.63, 3.8) is 0 Å². The lowest BCUT2D eigenvalue weighted by molar-refractivity contribution is 0.0561. The fourth-order valence-corrected chi connectivity index (χ4v) is 2.89. The lowest BCUT2D eigenvalue weighted by atomic mass is 10.2. The van der Waals surface area contributed by atoms with Gasteiger partial charge in [-0.2, -0.15) is 5.10 Å². The van der Waals surface area contributed by atoms with Gasteiger partial charge in [-0.05, 0) is 48.9 Å². The van der Waals surface area contributed by atoms with E-state index in [1.54, 1.807) is 30.5 Å². The van der Waals surface area contributed by atoms with Crippen LogP contribution in [0.2, 0.25) is 10.0 Å². The van der Waals surface area contributed by atoms with E-state index in [0.29, 0.717) is 39.7 Å². The number of benzene rings is 1. The van der Waals surface area contributed by atoms with Gasteiger partial charge in [0.25, 0.3) is 0 Å². The monoisotopic (exact) mass is 463 g/mol. The normalized spacial score (nSPS) is 10.8.